The highest BCUT2D eigenvalue weighted by atomic mass is 35.5. The van der Waals surface area contributed by atoms with Crippen LogP contribution in [0.5, 0.6) is 5.88 Å². The van der Waals surface area contributed by atoms with E-state index in [2.05, 4.69) is 14.9 Å². The largest absolute Gasteiger partial charge is 0.481 e. The van der Waals surface area contributed by atoms with Gasteiger partial charge in [-0.15, -0.1) is 0 Å². The maximum absolute atomic E-state index is 13.0. The predicted molar refractivity (Wildman–Crippen MR) is 115 cm³/mol. The van der Waals surface area contributed by atoms with Crippen molar-refractivity contribution < 1.29 is 9.53 Å². The number of ketones is 1. The van der Waals surface area contributed by atoms with E-state index < -0.39 is 0 Å². The lowest BCUT2D eigenvalue weighted by atomic mass is 9.88. The fraction of sp³-hybridized carbons (Fsp3) is 0.261. The molecular formula is C23H22ClN3O2. The molecular weight excluding hydrogens is 386 g/mol. The Kier molecular flexibility index (Phi) is 5.76. The van der Waals surface area contributed by atoms with Crippen LogP contribution in [0.3, 0.4) is 0 Å². The number of halogens is 1. The smallest absolute Gasteiger partial charge is 0.228 e. The van der Waals surface area contributed by atoms with E-state index in [0.29, 0.717) is 16.9 Å². The average Bonchev–Trinajstić information content (AvgIpc) is 2.79. The van der Waals surface area contributed by atoms with E-state index in [9.17, 15) is 4.79 Å². The number of aromatic nitrogens is 2. The van der Waals surface area contributed by atoms with Gasteiger partial charge in [0.2, 0.25) is 11.8 Å². The Morgan fingerprint density at radius 2 is 1.83 bits per heavy atom. The molecule has 2 heterocycles. The zero-order valence-electron chi connectivity index (χ0n) is 16.2. The van der Waals surface area contributed by atoms with Crippen molar-refractivity contribution >= 4 is 23.3 Å². The first-order valence-electron chi connectivity index (χ1n) is 9.66. The summed E-state index contributed by atoms with van der Waals surface area (Å²) in [6.07, 6.45) is 3.27. The number of piperidine rings is 1. The number of rotatable bonds is 5. The van der Waals surface area contributed by atoms with E-state index in [1.54, 1.807) is 19.4 Å². The van der Waals surface area contributed by atoms with Gasteiger partial charge in [-0.1, -0.05) is 48.0 Å². The highest BCUT2D eigenvalue weighted by Crippen LogP contribution is 2.27. The van der Waals surface area contributed by atoms with Crippen LogP contribution in [0.1, 0.15) is 23.2 Å². The summed E-state index contributed by atoms with van der Waals surface area (Å²) in [5.41, 5.74) is 2.85. The van der Waals surface area contributed by atoms with Gasteiger partial charge in [0.05, 0.1) is 7.11 Å². The molecule has 2 aromatic carbocycles. The van der Waals surface area contributed by atoms with Crippen LogP contribution in [-0.4, -0.2) is 36.0 Å². The second kappa shape index (κ2) is 8.62. The van der Waals surface area contributed by atoms with Crippen LogP contribution in [0, 0.1) is 5.92 Å². The number of hydrogen-bond donors (Lipinski definition) is 0. The van der Waals surface area contributed by atoms with Gasteiger partial charge in [0.1, 0.15) is 0 Å². The van der Waals surface area contributed by atoms with Crippen molar-refractivity contribution in [3.63, 3.8) is 0 Å². The van der Waals surface area contributed by atoms with Crippen LogP contribution in [0.4, 0.5) is 5.95 Å². The molecule has 0 atom stereocenters. The Morgan fingerprint density at radius 1 is 1.07 bits per heavy atom. The topological polar surface area (TPSA) is 55.3 Å². The van der Waals surface area contributed by atoms with Crippen molar-refractivity contribution in [1.82, 2.24) is 9.97 Å². The van der Waals surface area contributed by atoms with E-state index in [1.165, 1.54) is 0 Å². The first-order valence-corrected chi connectivity index (χ1v) is 10.0. The lowest BCUT2D eigenvalue weighted by molar-refractivity contribution is 0.0900. The van der Waals surface area contributed by atoms with Crippen LogP contribution in [0.2, 0.25) is 5.02 Å². The third kappa shape index (κ3) is 4.40. The van der Waals surface area contributed by atoms with Gasteiger partial charge in [-0.2, -0.15) is 4.98 Å². The molecule has 3 aromatic rings. The number of Topliss-reactive ketones (excluding diaryl/α,β-unsaturated/α-hetero) is 1. The summed E-state index contributed by atoms with van der Waals surface area (Å²) in [6, 6.07) is 17.2. The van der Waals surface area contributed by atoms with Crippen molar-refractivity contribution in [2.75, 3.05) is 25.1 Å². The predicted octanol–water partition coefficient (Wildman–Crippen LogP) is 4.90. The normalized spacial score (nSPS) is 14.6. The molecule has 0 bridgehead atoms. The Labute approximate surface area is 175 Å². The summed E-state index contributed by atoms with van der Waals surface area (Å²) in [5.74, 6) is 1.43. The minimum absolute atomic E-state index is 0.0221. The summed E-state index contributed by atoms with van der Waals surface area (Å²) in [5, 5.41) is 0.703. The number of anilines is 1. The molecule has 1 fully saturated rings. The molecule has 29 heavy (non-hydrogen) atoms. The van der Waals surface area contributed by atoms with Gasteiger partial charge in [0.25, 0.3) is 0 Å². The minimum atomic E-state index is 0.0221. The van der Waals surface area contributed by atoms with Gasteiger partial charge in [-0.05, 0) is 36.1 Å². The number of carbonyl (C=O) groups excluding carboxylic acids is 1. The number of methoxy groups -OCH3 is 1. The van der Waals surface area contributed by atoms with Gasteiger partial charge in [0, 0.05) is 41.9 Å². The summed E-state index contributed by atoms with van der Waals surface area (Å²) >= 11 is 6.08. The third-order valence-electron chi connectivity index (χ3n) is 5.30. The fourth-order valence-electron chi connectivity index (χ4n) is 3.67. The van der Waals surface area contributed by atoms with E-state index in [4.69, 9.17) is 16.3 Å². The molecule has 0 unspecified atom stereocenters. The molecule has 1 saturated heterocycles. The molecule has 0 saturated carbocycles. The quantitative estimate of drug-likeness (QED) is 0.563. The first-order chi connectivity index (χ1) is 14.1. The number of hydrogen-bond acceptors (Lipinski definition) is 5. The Hall–Kier alpha value is -2.92. The van der Waals surface area contributed by atoms with Crippen LogP contribution in [-0.2, 0) is 0 Å². The van der Waals surface area contributed by atoms with Gasteiger partial charge < -0.3 is 9.64 Å². The van der Waals surface area contributed by atoms with E-state index in [-0.39, 0.29) is 11.7 Å². The second-order valence-electron chi connectivity index (χ2n) is 7.11. The molecule has 0 N–H and O–H groups in total. The van der Waals surface area contributed by atoms with E-state index in [0.717, 1.165) is 42.6 Å². The molecule has 6 heteroatoms. The summed E-state index contributed by atoms with van der Waals surface area (Å²) in [4.78, 5) is 23.8. The molecule has 4 rings (SSSR count). The summed E-state index contributed by atoms with van der Waals surface area (Å²) < 4.78 is 5.17. The van der Waals surface area contributed by atoms with Crippen LogP contribution in [0.25, 0.3) is 11.1 Å². The molecule has 0 amide bonds. The Balaban J connectivity index is 1.40. The second-order valence-corrected chi connectivity index (χ2v) is 7.55. The van der Waals surface area contributed by atoms with Gasteiger partial charge >= 0.3 is 0 Å². The molecule has 0 aliphatic carbocycles. The zero-order chi connectivity index (χ0) is 20.2. The fourth-order valence-corrected chi connectivity index (χ4v) is 3.86. The van der Waals surface area contributed by atoms with Gasteiger partial charge in [-0.25, -0.2) is 4.98 Å². The Morgan fingerprint density at radius 3 is 2.52 bits per heavy atom. The molecule has 0 spiro atoms. The molecule has 0 radical (unpaired) electrons. The highest BCUT2D eigenvalue weighted by molar-refractivity contribution is 6.30. The van der Waals surface area contributed by atoms with Crippen LogP contribution in [0.15, 0.2) is 60.8 Å². The number of benzene rings is 2. The van der Waals surface area contributed by atoms with Crippen molar-refractivity contribution in [1.29, 1.82) is 0 Å². The maximum Gasteiger partial charge on any atom is 0.228 e. The number of ether oxygens (including phenoxy) is 1. The van der Waals surface area contributed by atoms with Crippen molar-refractivity contribution in [3.05, 3.63) is 71.4 Å². The highest BCUT2D eigenvalue weighted by Gasteiger charge is 2.27. The third-order valence-corrected chi connectivity index (χ3v) is 5.54. The maximum atomic E-state index is 13.0. The van der Waals surface area contributed by atoms with Gasteiger partial charge in [0.15, 0.2) is 5.78 Å². The lowest BCUT2D eigenvalue weighted by Gasteiger charge is -2.31. The van der Waals surface area contributed by atoms with Crippen molar-refractivity contribution in [2.24, 2.45) is 5.92 Å². The molecule has 1 aliphatic rings. The summed E-state index contributed by atoms with van der Waals surface area (Å²) in [7, 11) is 1.59. The molecule has 1 aromatic heterocycles. The lowest BCUT2D eigenvalue weighted by Crippen LogP contribution is -2.37. The van der Waals surface area contributed by atoms with Crippen molar-refractivity contribution in [3.8, 4) is 17.0 Å². The minimum Gasteiger partial charge on any atom is -0.481 e. The monoisotopic (exact) mass is 407 g/mol. The SMILES string of the molecule is COc1ccnc(N2CCC(C(=O)c3ccc(-c4cccc(Cl)c4)cc3)CC2)n1. The van der Waals surface area contributed by atoms with Gasteiger partial charge in [-0.3, -0.25) is 4.79 Å². The van der Waals surface area contributed by atoms with Crippen LogP contribution >= 0.6 is 11.6 Å². The number of nitrogens with zero attached hydrogens (tertiary/aromatic N) is 3. The van der Waals surface area contributed by atoms with Crippen molar-refractivity contribution in [2.45, 2.75) is 12.8 Å². The van der Waals surface area contributed by atoms with E-state index >= 15 is 0 Å². The van der Waals surface area contributed by atoms with E-state index in [1.807, 2.05) is 48.5 Å². The summed E-state index contributed by atoms with van der Waals surface area (Å²) in [6.45, 7) is 1.51. The first kappa shape index (κ1) is 19.4. The molecule has 148 valence electrons. The van der Waals surface area contributed by atoms with Crippen LogP contribution < -0.4 is 9.64 Å². The standard InChI is InChI=1S/C23H22ClN3O2/c1-29-21-9-12-25-23(26-21)27-13-10-18(11-14-27)22(28)17-7-5-16(6-8-17)19-3-2-4-20(24)15-19/h2-9,12,15,18H,10-11,13-14H2,1H3. The number of carbonyl (C=O) groups is 1. The average molecular weight is 408 g/mol. The zero-order valence-corrected chi connectivity index (χ0v) is 17.0. The molecule has 5 nitrogen and oxygen atoms in total. The Bertz CT molecular complexity index is 999. The molecule has 1 aliphatic heterocycles.